The van der Waals surface area contributed by atoms with Crippen molar-refractivity contribution < 1.29 is 19.1 Å². The molecule has 0 radical (unpaired) electrons. The van der Waals surface area contributed by atoms with E-state index in [0.29, 0.717) is 0 Å². The molecule has 80 heavy (non-hydrogen) atoms. The van der Waals surface area contributed by atoms with Gasteiger partial charge >= 0.3 is 142 Å². The number of nitrogens with zero attached hydrogens (tertiary/aromatic N) is 2. The molecule has 3 rings (SSSR count). The Morgan fingerprint density at radius 1 is 0.300 bits per heavy atom. The summed E-state index contributed by atoms with van der Waals surface area (Å²) in [5, 5.41) is 2.86. The van der Waals surface area contributed by atoms with Gasteiger partial charge in [0.1, 0.15) is 0 Å². The van der Waals surface area contributed by atoms with Crippen molar-refractivity contribution in [1.82, 2.24) is 0 Å². The molecule has 0 bridgehead atoms. The zero-order chi connectivity index (χ0) is 57.3. The van der Waals surface area contributed by atoms with Gasteiger partial charge in [0.2, 0.25) is 11.4 Å². The van der Waals surface area contributed by atoms with Crippen molar-refractivity contribution in [2.75, 3.05) is 0 Å². The van der Waals surface area contributed by atoms with E-state index in [4.69, 9.17) is 0 Å². The molecule has 2 nitrogen and oxygen atoms in total. The SMILES string of the molecule is CCCCCCCCCCCCCCCCCCCCCCCCCCCCCC1=C(c2cccc(CCCCCC)c2)[N+](=[N-])C(c2cccc(CCCCCC)c2)=C1.CCCCCCCCC[CH2][Ni][CH2]CCCCCCCCC. The Balaban J connectivity index is 0.000000876. The van der Waals surface area contributed by atoms with Gasteiger partial charge in [-0.15, -0.1) is 0 Å². The van der Waals surface area contributed by atoms with Gasteiger partial charge in [-0.1, -0.05) is 251 Å². The van der Waals surface area contributed by atoms with E-state index < -0.39 is 0 Å². The van der Waals surface area contributed by atoms with Crippen molar-refractivity contribution in [2.24, 2.45) is 0 Å². The van der Waals surface area contributed by atoms with E-state index >= 15 is 0 Å². The fourth-order valence-corrected chi connectivity index (χ4v) is 13.2. The summed E-state index contributed by atoms with van der Waals surface area (Å²) in [5.74, 6) is 0. The molecular weight excluding hydrogens is 1010 g/mol. The van der Waals surface area contributed by atoms with Crippen LogP contribution in [0, 0.1) is 0 Å². The van der Waals surface area contributed by atoms with Crippen LogP contribution in [0.5, 0.6) is 0 Å². The first kappa shape index (κ1) is 74.1. The molecule has 0 amide bonds. The van der Waals surface area contributed by atoms with Crippen LogP contribution in [0.3, 0.4) is 0 Å². The number of unbranched alkanes of at least 4 members (excludes halogenated alkanes) is 46. The van der Waals surface area contributed by atoms with Crippen LogP contribution in [0.15, 0.2) is 60.2 Å². The Labute approximate surface area is 507 Å². The molecule has 0 aromatic heterocycles. The van der Waals surface area contributed by atoms with Crippen molar-refractivity contribution in [2.45, 2.75) is 392 Å². The minimum absolute atomic E-state index is 0.934. The summed E-state index contributed by atoms with van der Waals surface area (Å²) >= 11 is 2.02. The normalized spacial score (nSPS) is 12.5. The molecule has 0 atom stereocenters. The molecule has 0 saturated heterocycles. The van der Waals surface area contributed by atoms with E-state index in [0.717, 1.165) is 41.8 Å². The van der Waals surface area contributed by atoms with Crippen molar-refractivity contribution >= 4 is 11.4 Å². The molecule has 464 valence electrons. The first-order chi connectivity index (χ1) is 39.6. The third kappa shape index (κ3) is 41.9. The second-order valence-electron chi connectivity index (χ2n) is 25.1. The molecule has 2 aromatic rings. The van der Waals surface area contributed by atoms with Gasteiger partial charge in [-0.2, -0.15) is 0 Å². The topological polar surface area (TPSA) is 25.3 Å². The number of aryl methyl sites for hydroxylation is 2. The predicted molar refractivity (Wildman–Crippen MR) is 357 cm³/mol. The molecule has 2 aromatic carbocycles. The van der Waals surface area contributed by atoms with Crippen LogP contribution in [0.25, 0.3) is 16.9 Å². The number of benzene rings is 2. The van der Waals surface area contributed by atoms with Gasteiger partial charge in [0.15, 0.2) is 0 Å². The van der Waals surface area contributed by atoms with Crippen molar-refractivity contribution in [3.63, 3.8) is 0 Å². The molecular formula is C77H136N2Ni. The van der Waals surface area contributed by atoms with Crippen LogP contribution in [-0.4, -0.2) is 4.70 Å². The van der Waals surface area contributed by atoms with Crippen LogP contribution in [0.4, 0.5) is 0 Å². The van der Waals surface area contributed by atoms with Crippen LogP contribution in [0.2, 0.25) is 10.8 Å². The molecule has 0 spiro atoms. The molecule has 0 unspecified atom stereocenters. The van der Waals surface area contributed by atoms with Gasteiger partial charge in [0, 0.05) is 22.8 Å². The molecule has 0 saturated carbocycles. The van der Waals surface area contributed by atoms with Gasteiger partial charge in [0.05, 0.1) is 0 Å². The minimum atomic E-state index is 0.934. The molecule has 1 aliphatic heterocycles. The van der Waals surface area contributed by atoms with E-state index in [1.54, 1.807) is 0 Å². The van der Waals surface area contributed by atoms with Crippen LogP contribution in [-0.2, 0) is 27.3 Å². The summed E-state index contributed by atoms with van der Waals surface area (Å²) in [5.41, 5.74) is 20.1. The number of allylic oxidation sites excluding steroid dienone is 2. The fourth-order valence-electron chi connectivity index (χ4n) is 12.0. The molecule has 1 aliphatic rings. The summed E-state index contributed by atoms with van der Waals surface area (Å²) in [6.45, 7) is 11.5. The third-order valence-corrected chi connectivity index (χ3v) is 18.7. The van der Waals surface area contributed by atoms with Crippen LogP contribution >= 0.6 is 0 Å². The monoisotopic (exact) mass is 1150 g/mol. The van der Waals surface area contributed by atoms with Gasteiger partial charge in [0.25, 0.3) is 0 Å². The van der Waals surface area contributed by atoms with Crippen molar-refractivity contribution in [3.05, 3.63) is 88.0 Å². The number of hydrogen-bond donors (Lipinski definition) is 0. The Bertz CT molecular complexity index is 1700. The van der Waals surface area contributed by atoms with Gasteiger partial charge < -0.3 is 5.53 Å². The Kier molecular flexibility index (Phi) is 53.2. The second kappa shape index (κ2) is 57.4. The molecule has 0 N–H and O–H groups in total. The molecule has 3 heteroatoms. The summed E-state index contributed by atoms with van der Waals surface area (Å²) in [7, 11) is 0. The molecule has 0 fully saturated rings. The standard InChI is InChI=1S/C57H94N2.2C10H21.Ni/c1-4-7-10-13-14-15-16-17-18-19-20-21-22-23-24-25-26-27-28-29-30-31-32-33-34-35-38-45-55-50-56(53-46-39-43-51(48-53)41-36-11-8-5-2)59(58)57(55)54-47-40-44-52(49-54)42-37-12-9-6-3;2*1-3-5-7-9-10-8-6-4-2;/h39-40,43-44,46-50H,4-38,41-42,45H2,1-3H3;2*1,3-10H2,2H3;. The van der Waals surface area contributed by atoms with E-state index in [1.165, 1.54) is 360 Å². The second-order valence-corrected chi connectivity index (χ2v) is 26.6. The maximum atomic E-state index is 11.8. The van der Waals surface area contributed by atoms with Crippen molar-refractivity contribution in [3.8, 4) is 0 Å². The summed E-state index contributed by atoms with van der Waals surface area (Å²) in [6, 6.07) is 17.9. The average Bonchev–Trinajstić information content (AvgIpc) is 3.82. The average molecular weight is 1150 g/mol. The van der Waals surface area contributed by atoms with E-state index in [2.05, 4.69) is 89.2 Å². The molecule has 0 aliphatic carbocycles. The predicted octanol–water partition coefficient (Wildman–Crippen LogP) is 27.9. The van der Waals surface area contributed by atoms with Gasteiger partial charge in [-0.05, 0) is 73.9 Å². The first-order valence-corrected chi connectivity index (χ1v) is 37.6. The summed E-state index contributed by atoms with van der Waals surface area (Å²) in [6.07, 6.45) is 77.6. The van der Waals surface area contributed by atoms with Crippen LogP contribution < -0.4 is 0 Å². The van der Waals surface area contributed by atoms with E-state index in [9.17, 15) is 5.53 Å². The quantitative estimate of drug-likeness (QED) is 0.0358. The van der Waals surface area contributed by atoms with Gasteiger partial charge in [-0.3, -0.25) is 0 Å². The Morgan fingerprint density at radius 3 is 0.900 bits per heavy atom. The number of hydrogen-bond acceptors (Lipinski definition) is 0. The number of rotatable bonds is 58. The Morgan fingerprint density at radius 2 is 0.562 bits per heavy atom. The Hall–Kier alpha value is -1.99. The van der Waals surface area contributed by atoms with Crippen LogP contribution in [0.1, 0.15) is 391 Å². The maximum absolute atomic E-state index is 11.8. The zero-order valence-corrected chi connectivity index (χ0v) is 55.5. The molecule has 1 heterocycles. The van der Waals surface area contributed by atoms with E-state index in [-0.39, 0.29) is 0 Å². The summed E-state index contributed by atoms with van der Waals surface area (Å²) in [4.78, 5) is 0. The van der Waals surface area contributed by atoms with E-state index in [1.807, 2.05) is 14.4 Å². The van der Waals surface area contributed by atoms with Gasteiger partial charge in [-0.25, -0.2) is 4.70 Å². The fraction of sp³-hybridized carbons (Fsp3) is 0.792. The summed E-state index contributed by atoms with van der Waals surface area (Å²) < 4.78 is 1.52. The van der Waals surface area contributed by atoms with Crippen molar-refractivity contribution in [1.29, 1.82) is 0 Å². The third-order valence-electron chi connectivity index (χ3n) is 17.3. The zero-order valence-electron chi connectivity index (χ0n) is 54.5. The first-order valence-electron chi connectivity index (χ1n) is 36.2.